The van der Waals surface area contributed by atoms with Crippen molar-refractivity contribution >= 4 is 29.2 Å². The molecule has 3 rings (SSSR count). The van der Waals surface area contributed by atoms with E-state index < -0.39 is 17.8 Å². The minimum atomic E-state index is -4.40. The van der Waals surface area contributed by atoms with E-state index in [2.05, 4.69) is 23.8 Å². The number of carbonyl (C=O) groups excluding carboxylic acids is 2. The summed E-state index contributed by atoms with van der Waals surface area (Å²) in [4.78, 5) is 30.4. The maximum absolute atomic E-state index is 14.2. The predicted molar refractivity (Wildman–Crippen MR) is 182 cm³/mol. The predicted octanol–water partition coefficient (Wildman–Crippen LogP) is 8.12. The van der Waals surface area contributed by atoms with Gasteiger partial charge in [-0.2, -0.15) is 18.3 Å². The highest BCUT2D eigenvalue weighted by atomic mass is 32.2. The molecule has 2 unspecified atom stereocenters. The number of nitrogens with zero attached hydrogens (tertiary/aromatic N) is 4. The molecular formula is C36H44F4N4O2S. The summed E-state index contributed by atoms with van der Waals surface area (Å²) in [5, 5.41) is 5.98. The number of likely N-dealkylation sites (N-methyl/N-ethyl adjacent to an activating group) is 1. The van der Waals surface area contributed by atoms with Crippen LogP contribution in [0.25, 0.3) is 11.1 Å². The Morgan fingerprint density at radius 2 is 1.34 bits per heavy atom. The molecule has 3 aromatic rings. The maximum Gasteiger partial charge on any atom is 0.416 e. The first-order chi connectivity index (χ1) is 22.2. The van der Waals surface area contributed by atoms with Crippen molar-refractivity contribution in [3.8, 4) is 11.1 Å². The Kier molecular flexibility index (Phi) is 14.0. The van der Waals surface area contributed by atoms with Crippen LogP contribution in [0.2, 0.25) is 0 Å². The SMILES string of the molecule is CCN(CC)CCN(Cc1ccc(-c2ccc(C(F)(F)F)cc2)cc1)C(=O)C(C)N(/N=C(/C)C(C)=O)C(C)SCc1ccc(F)cc1. The highest BCUT2D eigenvalue weighted by Crippen LogP contribution is 2.31. The normalized spacial score (nSPS) is 13.4. The molecule has 0 saturated carbocycles. The van der Waals surface area contributed by atoms with E-state index in [1.54, 1.807) is 35.9 Å². The quantitative estimate of drug-likeness (QED) is 0.0666. The van der Waals surface area contributed by atoms with Crippen molar-refractivity contribution in [1.82, 2.24) is 14.8 Å². The zero-order valence-electron chi connectivity index (χ0n) is 27.9. The van der Waals surface area contributed by atoms with Crippen molar-refractivity contribution in [2.24, 2.45) is 5.10 Å². The molecule has 0 aliphatic carbocycles. The van der Waals surface area contributed by atoms with E-state index in [9.17, 15) is 27.2 Å². The van der Waals surface area contributed by atoms with Crippen LogP contribution in [0.5, 0.6) is 0 Å². The first kappa shape index (κ1) is 37.8. The molecule has 6 nitrogen and oxygen atoms in total. The number of thioether (sulfide) groups is 1. The third-order valence-electron chi connectivity index (χ3n) is 8.07. The molecule has 3 aromatic carbocycles. The number of rotatable bonds is 16. The largest absolute Gasteiger partial charge is 0.416 e. The number of Topliss-reactive ketones (excluding diaryl/α,β-unsaturated/α-hetero) is 1. The van der Waals surface area contributed by atoms with Crippen LogP contribution in [0.15, 0.2) is 77.9 Å². The Labute approximate surface area is 279 Å². The van der Waals surface area contributed by atoms with Crippen molar-refractivity contribution in [1.29, 1.82) is 0 Å². The fraction of sp³-hybridized carbons (Fsp3) is 0.417. The second-order valence-electron chi connectivity index (χ2n) is 11.4. The summed E-state index contributed by atoms with van der Waals surface area (Å²) in [5.74, 6) is -0.103. The number of hydrogen-bond acceptors (Lipinski definition) is 6. The van der Waals surface area contributed by atoms with Gasteiger partial charge in [0.1, 0.15) is 17.6 Å². The molecule has 0 spiro atoms. The van der Waals surface area contributed by atoms with Crippen LogP contribution in [0.1, 0.15) is 58.2 Å². The molecule has 11 heteroatoms. The fourth-order valence-corrected chi connectivity index (χ4v) is 5.93. The Morgan fingerprint density at radius 3 is 1.85 bits per heavy atom. The zero-order valence-corrected chi connectivity index (χ0v) is 28.7. The molecule has 0 fully saturated rings. The van der Waals surface area contributed by atoms with Gasteiger partial charge in [0.15, 0.2) is 5.78 Å². The lowest BCUT2D eigenvalue weighted by Gasteiger charge is -2.35. The van der Waals surface area contributed by atoms with Gasteiger partial charge in [-0.15, -0.1) is 11.8 Å². The molecule has 0 bridgehead atoms. The number of hydrogen-bond donors (Lipinski definition) is 0. The van der Waals surface area contributed by atoms with E-state index in [-0.39, 0.29) is 28.6 Å². The molecule has 0 saturated heterocycles. The summed E-state index contributed by atoms with van der Waals surface area (Å²) in [6.07, 6.45) is -4.40. The van der Waals surface area contributed by atoms with Crippen molar-refractivity contribution in [3.63, 3.8) is 0 Å². The molecule has 0 N–H and O–H groups in total. The molecule has 2 atom stereocenters. The monoisotopic (exact) mass is 672 g/mol. The summed E-state index contributed by atoms with van der Waals surface area (Å²) in [6, 6.07) is 18.0. The summed E-state index contributed by atoms with van der Waals surface area (Å²) < 4.78 is 52.5. The Balaban J connectivity index is 1.85. The second kappa shape index (κ2) is 17.5. The lowest BCUT2D eigenvalue weighted by atomic mass is 10.0. The number of amides is 1. The van der Waals surface area contributed by atoms with E-state index in [0.717, 1.165) is 41.9 Å². The van der Waals surface area contributed by atoms with Gasteiger partial charge in [0.05, 0.1) is 10.9 Å². The summed E-state index contributed by atoms with van der Waals surface area (Å²) in [6.45, 7) is 14.0. The number of ketones is 1. The molecule has 1 amide bonds. The van der Waals surface area contributed by atoms with E-state index in [0.29, 0.717) is 31.0 Å². The van der Waals surface area contributed by atoms with E-state index in [1.807, 2.05) is 31.2 Å². The van der Waals surface area contributed by atoms with Crippen molar-refractivity contribution in [3.05, 3.63) is 95.3 Å². The van der Waals surface area contributed by atoms with Gasteiger partial charge in [-0.3, -0.25) is 14.6 Å². The van der Waals surface area contributed by atoms with Crippen molar-refractivity contribution < 1.29 is 27.2 Å². The van der Waals surface area contributed by atoms with Crippen LogP contribution in [0, 0.1) is 5.82 Å². The number of alkyl halides is 3. The van der Waals surface area contributed by atoms with Crippen LogP contribution >= 0.6 is 11.8 Å². The molecule has 254 valence electrons. The average molecular weight is 673 g/mol. The van der Waals surface area contributed by atoms with Gasteiger partial charge in [-0.1, -0.05) is 62.4 Å². The van der Waals surface area contributed by atoms with Gasteiger partial charge >= 0.3 is 6.18 Å². The van der Waals surface area contributed by atoms with E-state index in [1.165, 1.54) is 43.0 Å². The standard InChI is InChI=1S/C36H44F4N4O2S/c1-7-42(8-2)21-22-43(23-29-9-13-31(14-10-29)32-15-17-33(18-16-32)36(38,39)40)35(46)26(4)44(41-25(3)27(5)45)28(6)47-24-30-11-19-34(37)20-12-30/h9-20,26,28H,7-8,21-24H2,1-6H3/b41-25-. The third-order valence-corrected chi connectivity index (χ3v) is 9.27. The smallest absolute Gasteiger partial charge is 0.335 e. The third kappa shape index (κ3) is 11.2. The van der Waals surface area contributed by atoms with E-state index in [4.69, 9.17) is 0 Å². The fourth-order valence-electron chi connectivity index (χ4n) is 4.92. The number of hydrazone groups is 1. The molecule has 0 aromatic heterocycles. The highest BCUT2D eigenvalue weighted by molar-refractivity contribution is 7.99. The topological polar surface area (TPSA) is 56.2 Å². The summed E-state index contributed by atoms with van der Waals surface area (Å²) in [5.41, 5.74) is 2.81. The first-order valence-corrected chi connectivity index (χ1v) is 16.8. The number of halogens is 4. The number of benzene rings is 3. The van der Waals surface area contributed by atoms with E-state index >= 15 is 0 Å². The molecule has 0 heterocycles. The van der Waals surface area contributed by atoms with Crippen molar-refractivity contribution in [2.75, 3.05) is 26.2 Å². The molecule has 0 aliphatic rings. The average Bonchev–Trinajstić information content (AvgIpc) is 3.05. The second-order valence-corrected chi connectivity index (χ2v) is 12.7. The van der Waals surface area contributed by atoms with Crippen LogP contribution in [0.4, 0.5) is 17.6 Å². The molecule has 0 aliphatic heterocycles. The van der Waals surface area contributed by atoms with Crippen LogP contribution < -0.4 is 0 Å². The minimum Gasteiger partial charge on any atom is -0.335 e. The lowest BCUT2D eigenvalue weighted by Crippen LogP contribution is -2.49. The maximum atomic E-state index is 14.2. The van der Waals surface area contributed by atoms with Gasteiger partial charge < -0.3 is 9.80 Å². The van der Waals surface area contributed by atoms with Gasteiger partial charge in [0.2, 0.25) is 5.91 Å². The lowest BCUT2D eigenvalue weighted by molar-refractivity contribution is -0.138. The molecular weight excluding hydrogens is 628 g/mol. The minimum absolute atomic E-state index is 0.154. The van der Waals surface area contributed by atoms with Gasteiger partial charge in [-0.25, -0.2) is 4.39 Å². The number of carbonyl (C=O) groups is 2. The van der Waals surface area contributed by atoms with Crippen molar-refractivity contribution in [2.45, 2.75) is 71.4 Å². The van der Waals surface area contributed by atoms with Crippen LogP contribution in [0.3, 0.4) is 0 Å². The Morgan fingerprint density at radius 1 is 0.809 bits per heavy atom. The summed E-state index contributed by atoms with van der Waals surface area (Å²) in [7, 11) is 0. The van der Waals surface area contributed by atoms with Gasteiger partial charge in [0.25, 0.3) is 0 Å². The van der Waals surface area contributed by atoms with Crippen LogP contribution in [-0.4, -0.2) is 69.8 Å². The molecule has 0 radical (unpaired) electrons. The zero-order chi connectivity index (χ0) is 34.7. The first-order valence-electron chi connectivity index (χ1n) is 15.7. The Bertz CT molecular complexity index is 1470. The van der Waals surface area contributed by atoms with Crippen LogP contribution in [-0.2, 0) is 28.1 Å². The summed E-state index contributed by atoms with van der Waals surface area (Å²) >= 11 is 1.53. The van der Waals surface area contributed by atoms with Gasteiger partial charge in [-0.05, 0) is 80.4 Å². The van der Waals surface area contributed by atoms with Gasteiger partial charge in [0, 0.05) is 32.3 Å². The molecule has 47 heavy (non-hydrogen) atoms. The highest BCUT2D eigenvalue weighted by Gasteiger charge is 2.31. The Hall–Kier alpha value is -3.70.